The van der Waals surface area contributed by atoms with Crippen LogP contribution >= 0.6 is 0 Å². The van der Waals surface area contributed by atoms with Gasteiger partial charge < -0.3 is 5.32 Å². The number of hydrogen-bond donors (Lipinski definition) is 1. The molecule has 1 aromatic heterocycles. The predicted molar refractivity (Wildman–Crippen MR) is 228 cm³/mol. The van der Waals surface area contributed by atoms with Gasteiger partial charge in [0.25, 0.3) is 0 Å². The smallest absolute Gasteiger partial charge is 0.165 e. The highest BCUT2D eigenvalue weighted by atomic mass is 15.2. The van der Waals surface area contributed by atoms with Crippen LogP contribution in [0.1, 0.15) is 77.2 Å². The quantitative estimate of drug-likeness (QED) is 0.165. The van der Waals surface area contributed by atoms with Crippen molar-refractivity contribution in [3.8, 4) is 46.3 Å². The molecular formula is C50H38N8. The molecule has 1 aliphatic heterocycles. The van der Waals surface area contributed by atoms with Crippen molar-refractivity contribution >= 4 is 11.7 Å². The Bertz CT molecular complexity index is 2690. The lowest BCUT2D eigenvalue weighted by Crippen LogP contribution is -2.34. The molecule has 1 fully saturated rings. The molecule has 1 saturated carbocycles. The highest BCUT2D eigenvalue weighted by molar-refractivity contribution is 6.13. The molecule has 278 valence electrons. The molecule has 0 amide bonds. The van der Waals surface area contributed by atoms with E-state index in [0.717, 1.165) is 65.5 Å². The van der Waals surface area contributed by atoms with E-state index in [4.69, 9.17) is 24.9 Å². The van der Waals surface area contributed by atoms with Crippen molar-refractivity contribution in [2.45, 2.75) is 43.7 Å². The van der Waals surface area contributed by atoms with Crippen LogP contribution in [-0.4, -0.2) is 26.6 Å². The Kier molecular flexibility index (Phi) is 9.90. The van der Waals surface area contributed by atoms with Crippen molar-refractivity contribution in [2.75, 3.05) is 0 Å². The highest BCUT2D eigenvalue weighted by Gasteiger charge is 2.37. The van der Waals surface area contributed by atoms with Crippen molar-refractivity contribution in [1.29, 1.82) is 10.5 Å². The van der Waals surface area contributed by atoms with Gasteiger partial charge in [-0.15, -0.1) is 0 Å². The van der Waals surface area contributed by atoms with Gasteiger partial charge in [-0.3, -0.25) is 0 Å². The van der Waals surface area contributed by atoms with E-state index in [1.54, 1.807) is 0 Å². The summed E-state index contributed by atoms with van der Waals surface area (Å²) in [6, 6.07) is 56.9. The lowest BCUT2D eigenvalue weighted by Gasteiger charge is -2.39. The van der Waals surface area contributed by atoms with Gasteiger partial charge in [0, 0.05) is 33.2 Å². The Morgan fingerprint density at radius 3 is 1.55 bits per heavy atom. The summed E-state index contributed by atoms with van der Waals surface area (Å²) in [5.74, 6) is 2.73. The Labute approximate surface area is 338 Å². The second kappa shape index (κ2) is 15.9. The van der Waals surface area contributed by atoms with Crippen LogP contribution in [0, 0.1) is 22.7 Å². The zero-order chi connectivity index (χ0) is 39.3. The van der Waals surface area contributed by atoms with Gasteiger partial charge in [0.15, 0.2) is 23.3 Å². The molecule has 8 nitrogen and oxygen atoms in total. The molecule has 7 aromatic rings. The van der Waals surface area contributed by atoms with Crippen molar-refractivity contribution in [2.24, 2.45) is 9.98 Å². The van der Waals surface area contributed by atoms with E-state index in [0.29, 0.717) is 51.4 Å². The first kappa shape index (κ1) is 36.1. The van der Waals surface area contributed by atoms with Crippen LogP contribution in [0.2, 0.25) is 0 Å². The highest BCUT2D eigenvalue weighted by Crippen LogP contribution is 2.46. The second-order valence-corrected chi connectivity index (χ2v) is 14.7. The predicted octanol–water partition coefficient (Wildman–Crippen LogP) is 10.4. The number of amidine groups is 2. The van der Waals surface area contributed by atoms with Gasteiger partial charge in [-0.25, -0.2) is 24.9 Å². The molecule has 0 radical (unpaired) electrons. The zero-order valence-electron chi connectivity index (χ0n) is 31.8. The summed E-state index contributed by atoms with van der Waals surface area (Å²) in [7, 11) is 0. The third-order valence-electron chi connectivity index (χ3n) is 11.2. The van der Waals surface area contributed by atoms with E-state index < -0.39 is 5.41 Å². The van der Waals surface area contributed by atoms with E-state index in [1.807, 2.05) is 146 Å². The average molecular weight is 751 g/mol. The Morgan fingerprint density at radius 1 is 0.517 bits per heavy atom. The van der Waals surface area contributed by atoms with E-state index >= 15 is 0 Å². The molecule has 2 heterocycles. The van der Waals surface area contributed by atoms with Crippen LogP contribution in [-0.2, 0) is 5.41 Å². The van der Waals surface area contributed by atoms with Crippen molar-refractivity contribution in [1.82, 2.24) is 20.3 Å². The standard InChI is InChI=1S/C50H38N8/c51-32-38-30-40(24-26-42(38)48-55-44(34-16-6-1-7-17-34)53-45(56-48)35-18-8-2-9-19-35)50(28-14-5-15-29-50)41-25-27-43(39(31-41)33-52)49-57-46(36-20-10-3-11-21-36)54-47(58-49)37-22-12-4-13-23-37/h1-4,6-13,16-27,30-31,44H,5,14-15,28-29H2,(H,53,55,56). The lowest BCUT2D eigenvalue weighted by atomic mass is 9.64. The molecule has 1 atom stereocenters. The van der Waals surface area contributed by atoms with Gasteiger partial charge in [0.1, 0.15) is 12.0 Å². The minimum atomic E-state index is -0.402. The molecule has 9 rings (SSSR count). The maximum atomic E-state index is 10.7. The minimum absolute atomic E-state index is 0.375. The van der Waals surface area contributed by atoms with Crippen molar-refractivity contribution < 1.29 is 0 Å². The maximum absolute atomic E-state index is 10.7. The summed E-state index contributed by atoms with van der Waals surface area (Å²) >= 11 is 0. The second-order valence-electron chi connectivity index (χ2n) is 14.7. The fourth-order valence-corrected chi connectivity index (χ4v) is 8.21. The summed E-state index contributed by atoms with van der Waals surface area (Å²) in [4.78, 5) is 24.6. The summed E-state index contributed by atoms with van der Waals surface area (Å²) in [5, 5.41) is 25.0. The van der Waals surface area contributed by atoms with E-state index in [-0.39, 0.29) is 6.17 Å². The number of aliphatic imine (C=N–C) groups is 2. The van der Waals surface area contributed by atoms with Gasteiger partial charge in [-0.1, -0.05) is 153 Å². The Hall–Kier alpha value is -7.55. The van der Waals surface area contributed by atoms with Gasteiger partial charge in [-0.2, -0.15) is 10.5 Å². The topological polar surface area (TPSA) is 123 Å². The van der Waals surface area contributed by atoms with Crippen LogP contribution in [0.25, 0.3) is 34.2 Å². The number of rotatable bonds is 8. The number of benzene rings is 6. The molecule has 2 aliphatic rings. The first-order valence-corrected chi connectivity index (χ1v) is 19.6. The molecule has 1 unspecified atom stereocenters. The molecule has 0 saturated heterocycles. The molecule has 0 bridgehead atoms. The SMILES string of the molecule is N#Cc1cc(C2(c3ccc(-c4nc(-c5ccccc5)nc(-c5ccccc5)n4)c(C#N)c3)CCCCC2)ccc1C1=NC(c2ccccc2)=NC(c2ccccc2)N1. The van der Waals surface area contributed by atoms with Crippen LogP contribution < -0.4 is 5.32 Å². The molecular weight excluding hydrogens is 713 g/mol. The number of nitriles is 2. The Balaban J connectivity index is 1.12. The number of nitrogens with one attached hydrogen (secondary N) is 1. The summed E-state index contributed by atoms with van der Waals surface area (Å²) in [6.45, 7) is 0. The van der Waals surface area contributed by atoms with Gasteiger partial charge >= 0.3 is 0 Å². The van der Waals surface area contributed by atoms with Crippen LogP contribution in [0.15, 0.2) is 168 Å². The molecule has 58 heavy (non-hydrogen) atoms. The zero-order valence-corrected chi connectivity index (χ0v) is 31.8. The number of nitrogens with zero attached hydrogens (tertiary/aromatic N) is 7. The van der Waals surface area contributed by atoms with Gasteiger partial charge in [0.2, 0.25) is 0 Å². The van der Waals surface area contributed by atoms with E-state index in [1.165, 1.54) is 0 Å². The van der Waals surface area contributed by atoms with Crippen LogP contribution in [0.3, 0.4) is 0 Å². The fraction of sp³-hybridized carbons (Fsp3) is 0.140. The largest absolute Gasteiger partial charge is 0.344 e. The van der Waals surface area contributed by atoms with Crippen LogP contribution in [0.4, 0.5) is 0 Å². The van der Waals surface area contributed by atoms with Crippen molar-refractivity contribution in [3.63, 3.8) is 0 Å². The van der Waals surface area contributed by atoms with Gasteiger partial charge in [0.05, 0.1) is 23.3 Å². The lowest BCUT2D eigenvalue weighted by molar-refractivity contribution is 0.346. The molecule has 1 aliphatic carbocycles. The van der Waals surface area contributed by atoms with E-state index in [2.05, 4.69) is 29.6 Å². The molecule has 8 heteroatoms. The molecule has 6 aromatic carbocycles. The fourth-order valence-electron chi connectivity index (χ4n) is 8.21. The summed E-state index contributed by atoms with van der Waals surface area (Å²) in [5.41, 5.74) is 7.70. The summed E-state index contributed by atoms with van der Waals surface area (Å²) < 4.78 is 0. The first-order valence-electron chi connectivity index (χ1n) is 19.6. The summed E-state index contributed by atoms with van der Waals surface area (Å²) in [6.07, 6.45) is 4.61. The third kappa shape index (κ3) is 7.04. The maximum Gasteiger partial charge on any atom is 0.165 e. The number of aromatic nitrogens is 3. The number of hydrogen-bond acceptors (Lipinski definition) is 8. The van der Waals surface area contributed by atoms with E-state index in [9.17, 15) is 10.5 Å². The molecule has 0 spiro atoms. The molecule has 1 N–H and O–H groups in total. The minimum Gasteiger partial charge on any atom is -0.344 e. The average Bonchev–Trinajstić information content (AvgIpc) is 3.32. The van der Waals surface area contributed by atoms with Gasteiger partial charge in [-0.05, 0) is 53.8 Å². The van der Waals surface area contributed by atoms with Crippen LogP contribution in [0.5, 0.6) is 0 Å². The normalized spacial score (nSPS) is 15.9. The third-order valence-corrected chi connectivity index (χ3v) is 11.2. The monoisotopic (exact) mass is 750 g/mol. The van der Waals surface area contributed by atoms with Crippen molar-refractivity contribution in [3.05, 3.63) is 197 Å². The first-order chi connectivity index (χ1) is 28.6. The Morgan fingerprint density at radius 2 is 1.00 bits per heavy atom.